The summed E-state index contributed by atoms with van der Waals surface area (Å²) < 4.78 is 3.63. The van der Waals surface area contributed by atoms with Crippen molar-refractivity contribution in [2.24, 2.45) is 7.05 Å². The summed E-state index contributed by atoms with van der Waals surface area (Å²) in [5.74, 6) is 0.987. The van der Waals surface area contributed by atoms with Gasteiger partial charge in [-0.25, -0.2) is 4.98 Å². The molecule has 0 aliphatic heterocycles. The summed E-state index contributed by atoms with van der Waals surface area (Å²) in [7, 11) is 1.74. The standard InChI is InChI=1S/C12H16N4O/c1-3-16-7-6-13-11(16)8-14-10-4-5-12(17)15(2)9-10/h4-7,9,14H,3,8H2,1-2H3. The summed E-state index contributed by atoms with van der Waals surface area (Å²) >= 11 is 0. The third kappa shape index (κ3) is 2.55. The van der Waals surface area contributed by atoms with Crippen LogP contribution in [0.3, 0.4) is 0 Å². The Labute approximate surface area is 99.7 Å². The molecule has 0 aliphatic carbocycles. The molecule has 0 spiro atoms. The van der Waals surface area contributed by atoms with Crippen LogP contribution in [0.2, 0.25) is 0 Å². The highest BCUT2D eigenvalue weighted by Crippen LogP contribution is 2.05. The summed E-state index contributed by atoms with van der Waals surface area (Å²) in [6.45, 7) is 3.64. The molecule has 17 heavy (non-hydrogen) atoms. The molecule has 0 unspecified atom stereocenters. The van der Waals surface area contributed by atoms with Crippen LogP contribution in [0, 0.1) is 0 Å². The minimum absolute atomic E-state index is 0.00870. The van der Waals surface area contributed by atoms with E-state index in [9.17, 15) is 4.79 Å². The molecule has 0 aliphatic rings. The molecule has 0 saturated heterocycles. The first-order valence-corrected chi connectivity index (χ1v) is 5.61. The van der Waals surface area contributed by atoms with Crippen molar-refractivity contribution >= 4 is 5.69 Å². The number of imidazole rings is 1. The van der Waals surface area contributed by atoms with Crippen LogP contribution in [-0.4, -0.2) is 14.1 Å². The maximum absolute atomic E-state index is 11.2. The van der Waals surface area contributed by atoms with E-state index in [1.165, 1.54) is 0 Å². The lowest BCUT2D eigenvalue weighted by atomic mass is 10.4. The van der Waals surface area contributed by atoms with Crippen LogP contribution >= 0.6 is 0 Å². The Bertz CT molecular complexity index is 556. The minimum Gasteiger partial charge on any atom is -0.377 e. The van der Waals surface area contributed by atoms with Gasteiger partial charge in [0.15, 0.2) is 0 Å². The van der Waals surface area contributed by atoms with E-state index >= 15 is 0 Å². The number of nitrogens with one attached hydrogen (secondary N) is 1. The lowest BCUT2D eigenvalue weighted by molar-refractivity contribution is 0.707. The van der Waals surface area contributed by atoms with Gasteiger partial charge < -0.3 is 14.5 Å². The number of nitrogens with zero attached hydrogens (tertiary/aromatic N) is 3. The normalized spacial score (nSPS) is 10.5. The number of hydrogen-bond acceptors (Lipinski definition) is 3. The van der Waals surface area contributed by atoms with Gasteiger partial charge >= 0.3 is 0 Å². The first-order chi connectivity index (χ1) is 8.20. The number of hydrogen-bond donors (Lipinski definition) is 1. The summed E-state index contributed by atoms with van der Waals surface area (Å²) in [5.41, 5.74) is 0.906. The van der Waals surface area contributed by atoms with Crippen molar-refractivity contribution in [1.29, 1.82) is 0 Å². The van der Waals surface area contributed by atoms with Crippen LogP contribution in [0.5, 0.6) is 0 Å². The Hall–Kier alpha value is -2.04. The fourth-order valence-corrected chi connectivity index (χ4v) is 1.67. The molecule has 2 rings (SSSR count). The van der Waals surface area contributed by atoms with E-state index in [2.05, 4.69) is 21.8 Å². The Morgan fingerprint density at radius 1 is 1.41 bits per heavy atom. The fraction of sp³-hybridized carbons (Fsp3) is 0.333. The average Bonchev–Trinajstić information content (AvgIpc) is 2.78. The largest absolute Gasteiger partial charge is 0.377 e. The first-order valence-electron chi connectivity index (χ1n) is 5.61. The smallest absolute Gasteiger partial charge is 0.250 e. The third-order valence-electron chi connectivity index (χ3n) is 2.68. The quantitative estimate of drug-likeness (QED) is 0.862. The van der Waals surface area contributed by atoms with E-state index < -0.39 is 0 Å². The van der Waals surface area contributed by atoms with Crippen molar-refractivity contribution < 1.29 is 0 Å². The van der Waals surface area contributed by atoms with Gasteiger partial charge in [0.25, 0.3) is 0 Å². The molecule has 1 N–H and O–H groups in total. The van der Waals surface area contributed by atoms with Crippen LogP contribution in [0.25, 0.3) is 0 Å². The zero-order valence-electron chi connectivity index (χ0n) is 10.1. The molecule has 0 fully saturated rings. The molecule has 2 heterocycles. The van der Waals surface area contributed by atoms with Gasteiger partial charge in [-0.15, -0.1) is 0 Å². The molecule has 0 atom stereocenters. The Kier molecular flexibility index (Phi) is 3.27. The Balaban J connectivity index is 2.07. The molecule has 0 radical (unpaired) electrons. The van der Waals surface area contributed by atoms with Gasteiger partial charge in [-0.05, 0) is 13.0 Å². The predicted octanol–water partition coefficient (Wildman–Crippen LogP) is 1.21. The zero-order chi connectivity index (χ0) is 12.3. The van der Waals surface area contributed by atoms with Crippen molar-refractivity contribution in [2.45, 2.75) is 20.0 Å². The minimum atomic E-state index is -0.00870. The Morgan fingerprint density at radius 2 is 2.24 bits per heavy atom. The molecule has 5 heteroatoms. The zero-order valence-corrected chi connectivity index (χ0v) is 10.1. The lowest BCUT2D eigenvalue weighted by Crippen LogP contribution is -2.15. The second-order valence-electron chi connectivity index (χ2n) is 3.85. The number of rotatable bonds is 4. The molecule has 0 aromatic carbocycles. The number of aryl methyl sites for hydroxylation is 2. The molecule has 0 amide bonds. The van der Waals surface area contributed by atoms with E-state index in [4.69, 9.17) is 0 Å². The second-order valence-corrected chi connectivity index (χ2v) is 3.85. The van der Waals surface area contributed by atoms with Gasteiger partial charge in [0.05, 0.1) is 12.2 Å². The molecular weight excluding hydrogens is 216 g/mol. The summed E-state index contributed by atoms with van der Waals surface area (Å²) in [6, 6.07) is 3.33. The lowest BCUT2D eigenvalue weighted by Gasteiger charge is -2.08. The molecule has 0 bridgehead atoms. The average molecular weight is 232 g/mol. The van der Waals surface area contributed by atoms with Gasteiger partial charge in [0, 0.05) is 38.2 Å². The monoisotopic (exact) mass is 232 g/mol. The van der Waals surface area contributed by atoms with Crippen LogP contribution < -0.4 is 10.9 Å². The number of aromatic nitrogens is 3. The SMILES string of the molecule is CCn1ccnc1CNc1ccc(=O)n(C)c1. The van der Waals surface area contributed by atoms with E-state index in [1.54, 1.807) is 36.1 Å². The maximum atomic E-state index is 11.2. The molecular formula is C12H16N4O. The summed E-state index contributed by atoms with van der Waals surface area (Å²) in [6.07, 6.45) is 5.53. The van der Waals surface area contributed by atoms with Crippen molar-refractivity contribution in [2.75, 3.05) is 5.32 Å². The van der Waals surface area contributed by atoms with Crippen LogP contribution in [0.4, 0.5) is 5.69 Å². The molecule has 2 aromatic rings. The maximum Gasteiger partial charge on any atom is 0.250 e. The number of pyridine rings is 1. The highest BCUT2D eigenvalue weighted by molar-refractivity contribution is 5.40. The Morgan fingerprint density at radius 3 is 2.94 bits per heavy atom. The topological polar surface area (TPSA) is 51.9 Å². The highest BCUT2D eigenvalue weighted by atomic mass is 16.1. The van der Waals surface area contributed by atoms with Gasteiger partial charge in [-0.3, -0.25) is 4.79 Å². The molecule has 0 saturated carbocycles. The van der Waals surface area contributed by atoms with E-state index in [-0.39, 0.29) is 5.56 Å². The van der Waals surface area contributed by atoms with Crippen molar-refractivity contribution in [1.82, 2.24) is 14.1 Å². The van der Waals surface area contributed by atoms with Crippen LogP contribution in [0.1, 0.15) is 12.7 Å². The van der Waals surface area contributed by atoms with E-state index in [0.29, 0.717) is 6.54 Å². The van der Waals surface area contributed by atoms with Crippen LogP contribution in [0.15, 0.2) is 35.5 Å². The third-order valence-corrected chi connectivity index (χ3v) is 2.68. The van der Waals surface area contributed by atoms with Crippen molar-refractivity contribution in [3.8, 4) is 0 Å². The van der Waals surface area contributed by atoms with Gasteiger partial charge in [-0.2, -0.15) is 0 Å². The van der Waals surface area contributed by atoms with Crippen molar-refractivity contribution in [3.63, 3.8) is 0 Å². The van der Waals surface area contributed by atoms with Gasteiger partial charge in [-0.1, -0.05) is 0 Å². The van der Waals surface area contributed by atoms with Gasteiger partial charge in [0.2, 0.25) is 5.56 Å². The van der Waals surface area contributed by atoms with Gasteiger partial charge in [0.1, 0.15) is 5.82 Å². The fourth-order valence-electron chi connectivity index (χ4n) is 1.67. The number of anilines is 1. The van der Waals surface area contributed by atoms with Crippen LogP contribution in [-0.2, 0) is 20.1 Å². The summed E-state index contributed by atoms with van der Waals surface area (Å²) in [5, 5.41) is 3.25. The second kappa shape index (κ2) is 4.86. The molecule has 5 nitrogen and oxygen atoms in total. The summed E-state index contributed by atoms with van der Waals surface area (Å²) in [4.78, 5) is 15.5. The molecule has 2 aromatic heterocycles. The molecule has 90 valence electrons. The first kappa shape index (κ1) is 11.4. The highest BCUT2D eigenvalue weighted by Gasteiger charge is 2.01. The van der Waals surface area contributed by atoms with E-state index in [1.807, 2.05) is 6.20 Å². The predicted molar refractivity (Wildman–Crippen MR) is 66.9 cm³/mol. The van der Waals surface area contributed by atoms with Crippen molar-refractivity contribution in [3.05, 3.63) is 46.9 Å². The van der Waals surface area contributed by atoms with E-state index in [0.717, 1.165) is 18.1 Å².